The number of ether oxygens (including phenoxy) is 1. The number of hydrogen-bond acceptors (Lipinski definition) is 5. The number of aliphatic carboxylic acids is 1. The van der Waals surface area contributed by atoms with Crippen molar-refractivity contribution in [2.24, 2.45) is 0 Å². The average molecular weight is 248 g/mol. The second kappa shape index (κ2) is 6.25. The molecule has 18 heavy (non-hydrogen) atoms. The van der Waals surface area contributed by atoms with Crippen LogP contribution in [0.3, 0.4) is 0 Å². The van der Waals surface area contributed by atoms with E-state index in [9.17, 15) is 9.59 Å². The van der Waals surface area contributed by atoms with Crippen LogP contribution in [0.1, 0.15) is 16.8 Å². The first-order valence-corrected chi connectivity index (χ1v) is 5.05. The third-order valence-electron chi connectivity index (χ3n) is 2.12. The monoisotopic (exact) mass is 248 g/mol. The minimum absolute atomic E-state index is 0.0134. The molecule has 1 aromatic heterocycles. The number of carboxylic acids is 1. The molecule has 1 aromatic rings. The maximum absolute atomic E-state index is 11.3. The van der Waals surface area contributed by atoms with E-state index < -0.39 is 18.0 Å². The molecule has 0 spiro atoms. The number of carboxylic acid groups (broad SMARTS) is 1. The van der Waals surface area contributed by atoms with E-state index in [2.05, 4.69) is 21.0 Å². The van der Waals surface area contributed by atoms with Gasteiger partial charge in [0.05, 0.1) is 12.7 Å². The van der Waals surface area contributed by atoms with Gasteiger partial charge in [0.25, 0.3) is 0 Å². The smallest absolute Gasteiger partial charge is 0.338 e. The summed E-state index contributed by atoms with van der Waals surface area (Å²) in [6, 6.07) is 1.92. The molecular formula is C12H12N2O4. The Hall–Kier alpha value is -2.55. The normalized spacial score (nSPS) is 11.1. The second-order valence-corrected chi connectivity index (χ2v) is 3.36. The van der Waals surface area contributed by atoms with Gasteiger partial charge in [0, 0.05) is 12.6 Å². The number of anilines is 1. The summed E-state index contributed by atoms with van der Waals surface area (Å²) in [5, 5.41) is 11.6. The average Bonchev–Trinajstić information content (AvgIpc) is 2.37. The number of nitrogens with zero attached hydrogens (tertiary/aromatic N) is 1. The molecule has 0 amide bonds. The maximum atomic E-state index is 11.3. The van der Waals surface area contributed by atoms with E-state index in [-0.39, 0.29) is 17.8 Å². The highest BCUT2D eigenvalue weighted by Crippen LogP contribution is 2.10. The summed E-state index contributed by atoms with van der Waals surface area (Å²) >= 11 is 0. The van der Waals surface area contributed by atoms with Crippen molar-refractivity contribution >= 4 is 17.8 Å². The van der Waals surface area contributed by atoms with E-state index in [0.717, 1.165) is 0 Å². The third-order valence-corrected chi connectivity index (χ3v) is 2.12. The number of hydrogen-bond donors (Lipinski definition) is 2. The summed E-state index contributed by atoms with van der Waals surface area (Å²) in [5.74, 6) is 0.897. The molecule has 94 valence electrons. The molecule has 1 unspecified atom stereocenters. The molecule has 0 fully saturated rings. The summed E-state index contributed by atoms with van der Waals surface area (Å²) in [4.78, 5) is 26.1. The fourth-order valence-electron chi connectivity index (χ4n) is 1.25. The Kier molecular flexibility index (Phi) is 4.69. The predicted molar refractivity (Wildman–Crippen MR) is 64.1 cm³/mol. The summed E-state index contributed by atoms with van der Waals surface area (Å²) in [7, 11) is 1.26. The number of rotatable bonds is 5. The third kappa shape index (κ3) is 3.49. The molecule has 1 rings (SSSR count). The minimum Gasteiger partial charge on any atom is -0.480 e. The van der Waals surface area contributed by atoms with Gasteiger partial charge in [-0.25, -0.2) is 14.6 Å². The van der Waals surface area contributed by atoms with Crippen LogP contribution in [0.15, 0.2) is 18.3 Å². The van der Waals surface area contributed by atoms with Crippen LogP contribution in [0.5, 0.6) is 0 Å². The molecule has 0 aliphatic carbocycles. The van der Waals surface area contributed by atoms with Gasteiger partial charge in [-0.2, -0.15) is 0 Å². The number of pyridine rings is 1. The first-order valence-electron chi connectivity index (χ1n) is 5.05. The van der Waals surface area contributed by atoms with Gasteiger partial charge in [0.2, 0.25) is 0 Å². The quantitative estimate of drug-likeness (QED) is 0.590. The Bertz CT molecular complexity index is 493. The van der Waals surface area contributed by atoms with Crippen LogP contribution in [0.4, 0.5) is 5.82 Å². The van der Waals surface area contributed by atoms with Gasteiger partial charge >= 0.3 is 11.9 Å². The Morgan fingerprint density at radius 1 is 1.67 bits per heavy atom. The van der Waals surface area contributed by atoms with Crippen molar-refractivity contribution in [2.45, 2.75) is 12.5 Å². The number of terminal acetylenes is 1. The number of aromatic nitrogens is 1. The van der Waals surface area contributed by atoms with Crippen molar-refractivity contribution in [3.8, 4) is 12.3 Å². The van der Waals surface area contributed by atoms with Crippen molar-refractivity contribution in [2.75, 3.05) is 12.4 Å². The van der Waals surface area contributed by atoms with Gasteiger partial charge in [-0.3, -0.25) is 0 Å². The highest BCUT2D eigenvalue weighted by Gasteiger charge is 2.17. The zero-order valence-corrected chi connectivity index (χ0v) is 9.71. The van der Waals surface area contributed by atoms with Gasteiger partial charge in [-0.1, -0.05) is 0 Å². The van der Waals surface area contributed by atoms with E-state index in [4.69, 9.17) is 11.5 Å². The molecular weight excluding hydrogens is 236 g/mol. The number of methoxy groups -OCH3 is 1. The van der Waals surface area contributed by atoms with Gasteiger partial charge in [0.15, 0.2) is 0 Å². The number of carbonyl (C=O) groups is 2. The lowest BCUT2D eigenvalue weighted by Crippen LogP contribution is -2.29. The Labute approximate surface area is 104 Å². The summed E-state index contributed by atoms with van der Waals surface area (Å²) < 4.78 is 4.55. The fraction of sp³-hybridized carbons (Fsp3) is 0.250. The van der Waals surface area contributed by atoms with E-state index in [1.54, 1.807) is 0 Å². The van der Waals surface area contributed by atoms with E-state index >= 15 is 0 Å². The molecule has 1 atom stereocenters. The van der Waals surface area contributed by atoms with Gasteiger partial charge in [-0.15, -0.1) is 12.3 Å². The lowest BCUT2D eigenvalue weighted by Gasteiger charge is -2.12. The van der Waals surface area contributed by atoms with Crippen LogP contribution < -0.4 is 5.32 Å². The lowest BCUT2D eigenvalue weighted by molar-refractivity contribution is -0.137. The highest BCUT2D eigenvalue weighted by atomic mass is 16.5. The van der Waals surface area contributed by atoms with Crippen LogP contribution >= 0.6 is 0 Å². The van der Waals surface area contributed by atoms with Crippen LogP contribution in [0, 0.1) is 12.3 Å². The van der Waals surface area contributed by atoms with Crippen molar-refractivity contribution < 1.29 is 19.4 Å². The molecule has 2 N–H and O–H groups in total. The van der Waals surface area contributed by atoms with Gasteiger partial charge in [-0.05, 0) is 12.1 Å². The highest BCUT2D eigenvalue weighted by molar-refractivity contribution is 5.90. The number of nitrogens with one attached hydrogen (secondary N) is 1. The number of esters is 1. The Morgan fingerprint density at radius 2 is 2.39 bits per heavy atom. The summed E-state index contributed by atoms with van der Waals surface area (Å²) in [5.41, 5.74) is 0.278. The lowest BCUT2D eigenvalue weighted by atomic mass is 10.2. The van der Waals surface area contributed by atoms with E-state index in [1.165, 1.54) is 25.4 Å². The summed E-state index contributed by atoms with van der Waals surface area (Å²) in [6.45, 7) is 0. The molecule has 0 saturated heterocycles. The molecule has 0 bridgehead atoms. The summed E-state index contributed by atoms with van der Waals surface area (Å²) in [6.07, 6.45) is 6.46. The van der Waals surface area contributed by atoms with Crippen molar-refractivity contribution in [3.05, 3.63) is 23.9 Å². The van der Waals surface area contributed by atoms with E-state index in [1.807, 2.05) is 0 Å². The molecule has 0 aliphatic heterocycles. The number of carbonyl (C=O) groups excluding carboxylic acids is 1. The zero-order chi connectivity index (χ0) is 13.5. The molecule has 0 saturated carbocycles. The zero-order valence-electron chi connectivity index (χ0n) is 9.71. The molecule has 6 nitrogen and oxygen atoms in total. The van der Waals surface area contributed by atoms with Crippen LogP contribution in [0.25, 0.3) is 0 Å². The SMILES string of the molecule is C#CCC(Nc1cc(C(=O)OC)ccn1)C(=O)O. The first-order chi connectivity index (χ1) is 8.58. The molecule has 0 aliphatic rings. The van der Waals surface area contributed by atoms with Gasteiger partial charge in [0.1, 0.15) is 11.9 Å². The largest absolute Gasteiger partial charge is 0.480 e. The molecule has 6 heteroatoms. The van der Waals surface area contributed by atoms with Crippen LogP contribution in [-0.2, 0) is 9.53 Å². The van der Waals surface area contributed by atoms with Crippen LogP contribution in [0.2, 0.25) is 0 Å². The minimum atomic E-state index is -1.08. The van der Waals surface area contributed by atoms with Gasteiger partial charge < -0.3 is 15.2 Å². The Morgan fingerprint density at radius 3 is 2.94 bits per heavy atom. The first kappa shape index (κ1) is 13.5. The standard InChI is InChI=1S/C12H12N2O4/c1-3-4-9(11(15)16)14-10-7-8(5-6-13-10)12(17)18-2/h1,5-7,9H,4H2,2H3,(H,13,14)(H,15,16). The fourth-order valence-corrected chi connectivity index (χ4v) is 1.25. The van der Waals surface area contributed by atoms with Crippen molar-refractivity contribution in [1.82, 2.24) is 4.98 Å². The predicted octanol–water partition coefficient (Wildman–Crippen LogP) is 0.757. The Balaban J connectivity index is 2.87. The van der Waals surface area contributed by atoms with E-state index in [0.29, 0.717) is 0 Å². The second-order valence-electron chi connectivity index (χ2n) is 3.36. The van der Waals surface area contributed by atoms with Crippen molar-refractivity contribution in [1.29, 1.82) is 0 Å². The topological polar surface area (TPSA) is 88.5 Å². The molecule has 0 aromatic carbocycles. The molecule has 1 heterocycles. The van der Waals surface area contributed by atoms with Crippen molar-refractivity contribution in [3.63, 3.8) is 0 Å². The van der Waals surface area contributed by atoms with Crippen LogP contribution in [-0.4, -0.2) is 35.2 Å². The maximum Gasteiger partial charge on any atom is 0.338 e. The molecule has 0 radical (unpaired) electrons.